The quantitative estimate of drug-likeness (QED) is 0.0667. The van der Waals surface area contributed by atoms with Gasteiger partial charge in [0.1, 0.15) is 23.3 Å². The van der Waals surface area contributed by atoms with Crippen LogP contribution in [0.2, 0.25) is 20.1 Å². The number of aromatic nitrogens is 4. The SMILES string of the molecule is CC(C)(C)OC(=O)N[C@@H](CSSC[C@H](NC(=O)OC(C)(C)C)C(=O)N1CCn2nc(-c3ccc(Cl)cc3Cl)cc2C1CCc1ccccc1)C(=O)N1CCn2nc(-c3ccc(Cl)cc3Cl)cc2C1CCc1ccccc1. The van der Waals surface area contributed by atoms with Crippen molar-refractivity contribution in [3.63, 3.8) is 0 Å². The Balaban J connectivity index is 1.05. The number of hydrogen-bond donors (Lipinski definition) is 2. The fourth-order valence-corrected chi connectivity index (χ4v) is 12.7. The van der Waals surface area contributed by atoms with Crippen molar-refractivity contribution in [3.05, 3.63) is 152 Å². The molecule has 402 valence electrons. The van der Waals surface area contributed by atoms with Gasteiger partial charge in [-0.25, -0.2) is 9.59 Å². The monoisotopic (exact) mass is 1150 g/mol. The second-order valence-electron chi connectivity index (χ2n) is 20.7. The van der Waals surface area contributed by atoms with Crippen LogP contribution < -0.4 is 10.6 Å². The van der Waals surface area contributed by atoms with Gasteiger partial charge in [-0.15, -0.1) is 0 Å². The Morgan fingerprint density at radius 1 is 0.566 bits per heavy atom. The van der Waals surface area contributed by atoms with E-state index in [-0.39, 0.29) is 23.3 Å². The summed E-state index contributed by atoms with van der Waals surface area (Å²) in [6.45, 7) is 12.0. The first-order chi connectivity index (χ1) is 36.2. The molecule has 8 rings (SSSR count). The fourth-order valence-electron chi connectivity index (χ4n) is 9.36. The molecule has 6 aromatic rings. The Morgan fingerprint density at radius 2 is 0.947 bits per heavy atom. The molecule has 0 fully saturated rings. The zero-order valence-electron chi connectivity index (χ0n) is 43.2. The van der Waals surface area contributed by atoms with E-state index in [2.05, 4.69) is 34.9 Å². The van der Waals surface area contributed by atoms with E-state index in [9.17, 15) is 9.59 Å². The molecule has 0 bridgehead atoms. The summed E-state index contributed by atoms with van der Waals surface area (Å²) in [6, 6.07) is 31.7. The van der Waals surface area contributed by atoms with Gasteiger partial charge in [-0.1, -0.05) is 129 Å². The molecule has 4 aromatic carbocycles. The number of amides is 4. The molecule has 2 aliphatic heterocycles. The number of alkyl carbamates (subject to hydrolysis) is 2. The average Bonchev–Trinajstić information content (AvgIpc) is 4.00. The standard InChI is InChI=1S/C56H62Cl4N8O6S2/c1-55(2,3)73-53(71)61-45(51(69)65-25-27-67-49(47(65)23-17-35-13-9-7-10-14-35)31-43(63-67)39-21-19-37(57)29-41(39)59)33-75-76-34-46(62-54(72)74-56(4,5)6)52(70)66-26-28-68-50(48(66)24-18-36-15-11-8-12-16-36)32-44(64-68)40-22-20-38(58)30-42(40)60/h7-16,19-22,29-32,45-48H,17-18,23-28,33-34H2,1-6H3,(H,61,71)(H,62,72)/t45-,46-,47?,48?/m0/s1. The first kappa shape index (κ1) is 56.8. The van der Waals surface area contributed by atoms with Gasteiger partial charge in [0.05, 0.1) is 58.0 Å². The van der Waals surface area contributed by atoms with Gasteiger partial charge in [-0.3, -0.25) is 19.0 Å². The number of carbonyl (C=O) groups excluding carboxylic acids is 4. The van der Waals surface area contributed by atoms with Crippen LogP contribution in [0.25, 0.3) is 22.5 Å². The lowest BCUT2D eigenvalue weighted by Gasteiger charge is -2.38. The normalized spacial score (nSPS) is 16.3. The van der Waals surface area contributed by atoms with E-state index in [0.29, 0.717) is 94.5 Å². The number of hydrogen-bond acceptors (Lipinski definition) is 10. The molecule has 2 aromatic heterocycles. The minimum atomic E-state index is -1.05. The topological polar surface area (TPSA) is 153 Å². The van der Waals surface area contributed by atoms with E-state index in [4.69, 9.17) is 66.1 Å². The molecule has 4 atom stereocenters. The van der Waals surface area contributed by atoms with Gasteiger partial charge < -0.3 is 29.9 Å². The molecule has 0 radical (unpaired) electrons. The Labute approximate surface area is 472 Å². The summed E-state index contributed by atoms with van der Waals surface area (Å²) in [4.78, 5) is 61.1. The molecule has 0 saturated carbocycles. The number of ether oxygens (including phenoxy) is 2. The molecule has 4 amide bonds. The zero-order chi connectivity index (χ0) is 54.3. The second-order valence-corrected chi connectivity index (χ2v) is 25.0. The first-order valence-electron chi connectivity index (χ1n) is 25.2. The largest absolute Gasteiger partial charge is 0.444 e. The minimum absolute atomic E-state index is 0.0987. The van der Waals surface area contributed by atoms with Crippen LogP contribution in [-0.2, 0) is 45.0 Å². The molecule has 14 nitrogen and oxygen atoms in total. The summed E-state index contributed by atoms with van der Waals surface area (Å²) in [6.07, 6.45) is 0.969. The Bertz CT molecular complexity index is 2820. The summed E-state index contributed by atoms with van der Waals surface area (Å²) in [7, 11) is 2.61. The maximum absolute atomic E-state index is 15.2. The third kappa shape index (κ3) is 14.8. The first-order valence-corrected chi connectivity index (χ1v) is 29.2. The van der Waals surface area contributed by atoms with Gasteiger partial charge in [-0.2, -0.15) is 10.2 Å². The number of halogens is 4. The van der Waals surface area contributed by atoms with Crippen LogP contribution >= 0.6 is 68.0 Å². The van der Waals surface area contributed by atoms with E-state index in [1.165, 1.54) is 21.6 Å². The van der Waals surface area contributed by atoms with Crippen LogP contribution in [0.1, 0.15) is 89.0 Å². The highest BCUT2D eigenvalue weighted by Gasteiger charge is 2.39. The molecule has 76 heavy (non-hydrogen) atoms. The number of aryl methyl sites for hydroxylation is 2. The maximum Gasteiger partial charge on any atom is 0.408 e. The van der Waals surface area contributed by atoms with Gasteiger partial charge in [0.2, 0.25) is 11.8 Å². The molecule has 2 unspecified atom stereocenters. The lowest BCUT2D eigenvalue weighted by atomic mass is 9.98. The third-order valence-corrected chi connectivity index (χ3v) is 16.3. The number of carbonyl (C=O) groups is 4. The highest BCUT2D eigenvalue weighted by atomic mass is 35.5. The van der Waals surface area contributed by atoms with E-state index in [1.54, 1.807) is 65.8 Å². The van der Waals surface area contributed by atoms with Crippen LogP contribution in [-0.4, -0.2) is 101 Å². The minimum Gasteiger partial charge on any atom is -0.444 e. The van der Waals surface area contributed by atoms with Crippen molar-refractivity contribution in [2.75, 3.05) is 24.6 Å². The summed E-state index contributed by atoms with van der Waals surface area (Å²) in [5, 5.41) is 17.6. The molecule has 2 N–H and O–H groups in total. The van der Waals surface area contributed by atoms with Crippen molar-refractivity contribution in [1.29, 1.82) is 0 Å². The van der Waals surface area contributed by atoms with Crippen molar-refractivity contribution in [3.8, 4) is 22.5 Å². The van der Waals surface area contributed by atoms with Crippen molar-refractivity contribution in [1.82, 2.24) is 40.0 Å². The van der Waals surface area contributed by atoms with Gasteiger partial charge >= 0.3 is 12.2 Å². The average molecular weight is 1150 g/mol. The van der Waals surface area contributed by atoms with Crippen molar-refractivity contribution in [2.24, 2.45) is 0 Å². The summed E-state index contributed by atoms with van der Waals surface area (Å²) in [5.74, 6) is -0.413. The molecule has 0 saturated heterocycles. The van der Waals surface area contributed by atoms with E-state index >= 15 is 9.59 Å². The molecular formula is C56H62Cl4N8O6S2. The van der Waals surface area contributed by atoms with E-state index < -0.39 is 47.6 Å². The predicted molar refractivity (Wildman–Crippen MR) is 305 cm³/mol. The van der Waals surface area contributed by atoms with Crippen LogP contribution in [0.15, 0.2) is 109 Å². The second kappa shape index (κ2) is 25.0. The molecule has 0 aliphatic carbocycles. The molecule has 4 heterocycles. The van der Waals surface area contributed by atoms with Gasteiger partial charge in [0, 0.05) is 45.8 Å². The van der Waals surface area contributed by atoms with Crippen LogP contribution in [0.5, 0.6) is 0 Å². The zero-order valence-corrected chi connectivity index (χ0v) is 47.9. The van der Waals surface area contributed by atoms with Gasteiger partial charge in [0.15, 0.2) is 0 Å². The summed E-state index contributed by atoms with van der Waals surface area (Å²) < 4.78 is 15.3. The smallest absolute Gasteiger partial charge is 0.408 e. The summed E-state index contributed by atoms with van der Waals surface area (Å²) in [5.41, 5.74) is 4.93. The fraction of sp³-hybridized carbons (Fsp3) is 0.393. The number of nitrogens with zero attached hydrogens (tertiary/aromatic N) is 6. The maximum atomic E-state index is 15.2. The van der Waals surface area contributed by atoms with Crippen molar-refractivity contribution >= 4 is 92.0 Å². The number of rotatable bonds is 17. The highest BCUT2D eigenvalue weighted by Crippen LogP contribution is 2.39. The molecule has 0 spiro atoms. The van der Waals surface area contributed by atoms with Crippen LogP contribution in [0.4, 0.5) is 9.59 Å². The molecular weight excluding hydrogens is 1090 g/mol. The number of nitrogens with one attached hydrogen (secondary N) is 2. The lowest BCUT2D eigenvalue weighted by molar-refractivity contribution is -0.137. The Morgan fingerprint density at radius 3 is 1.30 bits per heavy atom. The number of benzene rings is 4. The van der Waals surface area contributed by atoms with Gasteiger partial charge in [0.25, 0.3) is 0 Å². The van der Waals surface area contributed by atoms with Gasteiger partial charge in [-0.05, 0) is 127 Å². The third-order valence-electron chi connectivity index (χ3n) is 12.8. The van der Waals surface area contributed by atoms with E-state index in [1.807, 2.05) is 79.8 Å². The lowest BCUT2D eigenvalue weighted by Crippen LogP contribution is -2.54. The summed E-state index contributed by atoms with van der Waals surface area (Å²) >= 11 is 25.9. The van der Waals surface area contributed by atoms with Crippen molar-refractivity contribution in [2.45, 2.75) is 116 Å². The highest BCUT2D eigenvalue weighted by molar-refractivity contribution is 8.76. The Hall–Kier alpha value is -5.36. The number of fused-ring (bicyclic) bond motifs is 2. The molecule has 20 heteroatoms. The molecule has 2 aliphatic rings. The Kier molecular flexibility index (Phi) is 18.7. The van der Waals surface area contributed by atoms with Crippen molar-refractivity contribution < 1.29 is 28.7 Å². The van der Waals surface area contributed by atoms with Crippen LogP contribution in [0, 0.1) is 0 Å². The van der Waals surface area contributed by atoms with E-state index in [0.717, 1.165) is 22.5 Å². The van der Waals surface area contributed by atoms with Crippen LogP contribution in [0.3, 0.4) is 0 Å². The predicted octanol–water partition coefficient (Wildman–Crippen LogP) is 12.9.